The first-order valence-electron chi connectivity index (χ1n) is 9.82. The number of benzene rings is 2. The molecule has 1 atom stereocenters. The van der Waals surface area contributed by atoms with Crippen molar-refractivity contribution < 1.29 is 4.42 Å². The van der Waals surface area contributed by atoms with E-state index in [1.54, 1.807) is 0 Å². The van der Waals surface area contributed by atoms with Gasteiger partial charge in [0.15, 0.2) is 0 Å². The third-order valence-electron chi connectivity index (χ3n) is 4.99. The SMILES string of the molecule is CC(Nc1ccc(CCN2CCSCC2)cc1)c1nnc(-c2ccccc2)o1. The number of hydrogen-bond donors (Lipinski definition) is 1. The summed E-state index contributed by atoms with van der Waals surface area (Å²) in [6.07, 6.45) is 1.10. The molecule has 1 aromatic heterocycles. The number of anilines is 1. The number of rotatable bonds is 7. The molecule has 0 saturated carbocycles. The highest BCUT2D eigenvalue weighted by atomic mass is 32.2. The maximum Gasteiger partial charge on any atom is 0.247 e. The van der Waals surface area contributed by atoms with Crippen LogP contribution in [0.5, 0.6) is 0 Å². The van der Waals surface area contributed by atoms with Crippen molar-refractivity contribution in [3.63, 3.8) is 0 Å². The fourth-order valence-corrected chi connectivity index (χ4v) is 4.28. The van der Waals surface area contributed by atoms with Gasteiger partial charge in [0.2, 0.25) is 11.8 Å². The van der Waals surface area contributed by atoms with Crippen molar-refractivity contribution in [2.45, 2.75) is 19.4 Å². The minimum atomic E-state index is -0.0540. The third-order valence-corrected chi connectivity index (χ3v) is 5.93. The van der Waals surface area contributed by atoms with Crippen molar-refractivity contribution in [1.82, 2.24) is 15.1 Å². The molecule has 1 aliphatic rings. The van der Waals surface area contributed by atoms with Crippen LogP contribution in [0.15, 0.2) is 59.0 Å². The zero-order valence-electron chi connectivity index (χ0n) is 16.2. The van der Waals surface area contributed by atoms with E-state index in [9.17, 15) is 0 Å². The second-order valence-electron chi connectivity index (χ2n) is 7.08. The minimum absolute atomic E-state index is 0.0540. The number of hydrogen-bond acceptors (Lipinski definition) is 6. The molecule has 28 heavy (non-hydrogen) atoms. The van der Waals surface area contributed by atoms with Crippen LogP contribution >= 0.6 is 11.8 Å². The van der Waals surface area contributed by atoms with E-state index in [2.05, 4.69) is 56.4 Å². The van der Waals surface area contributed by atoms with Crippen molar-refractivity contribution in [3.8, 4) is 11.5 Å². The van der Waals surface area contributed by atoms with E-state index in [0.29, 0.717) is 11.8 Å². The molecule has 1 unspecified atom stereocenters. The Hall–Kier alpha value is -2.31. The van der Waals surface area contributed by atoms with Crippen LogP contribution in [0.4, 0.5) is 5.69 Å². The number of nitrogens with one attached hydrogen (secondary N) is 1. The summed E-state index contributed by atoms with van der Waals surface area (Å²) in [5.41, 5.74) is 3.37. The molecule has 1 fully saturated rings. The Morgan fingerprint density at radius 3 is 2.54 bits per heavy atom. The molecule has 0 spiro atoms. The molecule has 0 aliphatic carbocycles. The van der Waals surface area contributed by atoms with Gasteiger partial charge in [-0.1, -0.05) is 30.3 Å². The summed E-state index contributed by atoms with van der Waals surface area (Å²) >= 11 is 2.06. The zero-order valence-corrected chi connectivity index (χ0v) is 17.0. The van der Waals surface area contributed by atoms with Gasteiger partial charge in [-0.25, -0.2) is 0 Å². The van der Waals surface area contributed by atoms with E-state index in [4.69, 9.17) is 4.42 Å². The molecule has 6 heteroatoms. The van der Waals surface area contributed by atoms with E-state index >= 15 is 0 Å². The fraction of sp³-hybridized carbons (Fsp3) is 0.364. The van der Waals surface area contributed by atoms with E-state index in [1.807, 2.05) is 37.3 Å². The average Bonchev–Trinajstić information content (AvgIpc) is 3.25. The van der Waals surface area contributed by atoms with Gasteiger partial charge in [-0.3, -0.25) is 0 Å². The second-order valence-corrected chi connectivity index (χ2v) is 8.30. The Balaban J connectivity index is 1.32. The molecular weight excluding hydrogens is 368 g/mol. The molecule has 2 aromatic carbocycles. The molecule has 1 N–H and O–H groups in total. The van der Waals surface area contributed by atoms with Gasteiger partial charge in [-0.15, -0.1) is 10.2 Å². The topological polar surface area (TPSA) is 54.2 Å². The zero-order chi connectivity index (χ0) is 19.2. The molecule has 0 bridgehead atoms. The summed E-state index contributed by atoms with van der Waals surface area (Å²) in [7, 11) is 0. The van der Waals surface area contributed by atoms with Crippen molar-refractivity contribution in [1.29, 1.82) is 0 Å². The molecule has 5 nitrogen and oxygen atoms in total. The van der Waals surface area contributed by atoms with Crippen molar-refractivity contribution >= 4 is 17.4 Å². The maximum absolute atomic E-state index is 5.84. The van der Waals surface area contributed by atoms with Crippen LogP contribution in [0.2, 0.25) is 0 Å². The number of thioether (sulfide) groups is 1. The van der Waals surface area contributed by atoms with E-state index in [1.165, 1.54) is 30.2 Å². The third kappa shape index (κ3) is 4.94. The molecular formula is C22H26N4OS. The predicted octanol–water partition coefficient (Wildman–Crippen LogP) is 4.50. The van der Waals surface area contributed by atoms with Gasteiger partial charge in [0.25, 0.3) is 0 Å². The molecule has 3 aromatic rings. The Labute approximate surface area is 170 Å². The van der Waals surface area contributed by atoms with Gasteiger partial charge < -0.3 is 14.6 Å². The monoisotopic (exact) mass is 394 g/mol. The summed E-state index contributed by atoms with van der Waals surface area (Å²) in [5, 5.41) is 11.8. The quantitative estimate of drug-likeness (QED) is 0.637. The molecule has 2 heterocycles. The Kier molecular flexibility index (Phi) is 6.29. The lowest BCUT2D eigenvalue weighted by Crippen LogP contribution is -2.34. The highest BCUT2D eigenvalue weighted by Gasteiger charge is 2.15. The first-order chi connectivity index (χ1) is 13.8. The summed E-state index contributed by atoms with van der Waals surface area (Å²) in [6, 6.07) is 18.5. The van der Waals surface area contributed by atoms with Crippen molar-refractivity contribution in [3.05, 3.63) is 66.1 Å². The van der Waals surface area contributed by atoms with Crippen LogP contribution in [0.3, 0.4) is 0 Å². The van der Waals surface area contributed by atoms with Crippen LogP contribution in [0.25, 0.3) is 11.5 Å². The molecule has 1 saturated heterocycles. The minimum Gasteiger partial charge on any atom is -0.418 e. The lowest BCUT2D eigenvalue weighted by atomic mass is 10.1. The first-order valence-corrected chi connectivity index (χ1v) is 11.0. The maximum atomic E-state index is 5.84. The molecule has 0 amide bonds. The molecule has 0 radical (unpaired) electrons. The standard InChI is InChI=1S/C22H26N4OS/c1-17(21-24-25-22(27-21)19-5-3-2-4-6-19)23-20-9-7-18(8-10-20)11-12-26-13-15-28-16-14-26/h2-10,17,23H,11-16H2,1H3. The molecule has 1 aliphatic heterocycles. The van der Waals surface area contributed by atoms with Gasteiger partial charge in [-0.05, 0) is 43.2 Å². The normalized spacial score (nSPS) is 16.0. The van der Waals surface area contributed by atoms with Crippen LogP contribution in [0, 0.1) is 0 Å². The predicted molar refractivity (Wildman–Crippen MR) is 116 cm³/mol. The van der Waals surface area contributed by atoms with Crippen molar-refractivity contribution in [2.24, 2.45) is 0 Å². The molecule has 146 valence electrons. The van der Waals surface area contributed by atoms with E-state index in [-0.39, 0.29) is 6.04 Å². The van der Waals surface area contributed by atoms with Gasteiger partial charge >= 0.3 is 0 Å². The summed E-state index contributed by atoms with van der Waals surface area (Å²) in [5.74, 6) is 3.67. The van der Waals surface area contributed by atoms with Crippen LogP contribution in [-0.2, 0) is 6.42 Å². The second kappa shape index (κ2) is 9.26. The van der Waals surface area contributed by atoms with Crippen LogP contribution in [-0.4, -0.2) is 46.2 Å². The summed E-state index contributed by atoms with van der Waals surface area (Å²) in [6.45, 7) is 5.62. The van der Waals surface area contributed by atoms with Crippen LogP contribution < -0.4 is 5.32 Å². The molecule has 4 rings (SSSR count). The summed E-state index contributed by atoms with van der Waals surface area (Å²) in [4.78, 5) is 2.56. The van der Waals surface area contributed by atoms with Crippen molar-refractivity contribution in [2.75, 3.05) is 36.5 Å². The first kappa shape index (κ1) is 19.0. The fourth-order valence-electron chi connectivity index (χ4n) is 3.30. The van der Waals surface area contributed by atoms with Gasteiger partial charge in [0.05, 0.1) is 0 Å². The van der Waals surface area contributed by atoms with E-state index < -0.39 is 0 Å². The highest BCUT2D eigenvalue weighted by Crippen LogP contribution is 2.23. The number of aromatic nitrogens is 2. The Bertz CT molecular complexity index is 860. The largest absolute Gasteiger partial charge is 0.418 e. The Morgan fingerprint density at radius 2 is 1.79 bits per heavy atom. The lowest BCUT2D eigenvalue weighted by molar-refractivity contribution is 0.306. The summed E-state index contributed by atoms with van der Waals surface area (Å²) < 4.78 is 5.84. The van der Waals surface area contributed by atoms with Gasteiger partial charge in [0.1, 0.15) is 6.04 Å². The van der Waals surface area contributed by atoms with Gasteiger partial charge in [0, 0.05) is 42.4 Å². The smallest absolute Gasteiger partial charge is 0.247 e. The highest BCUT2D eigenvalue weighted by molar-refractivity contribution is 7.99. The van der Waals surface area contributed by atoms with Gasteiger partial charge in [-0.2, -0.15) is 11.8 Å². The van der Waals surface area contributed by atoms with E-state index in [0.717, 1.165) is 24.2 Å². The van der Waals surface area contributed by atoms with Crippen LogP contribution in [0.1, 0.15) is 24.4 Å². The number of nitrogens with zero attached hydrogens (tertiary/aromatic N) is 3. The average molecular weight is 395 g/mol. The Morgan fingerprint density at radius 1 is 1.04 bits per heavy atom. The lowest BCUT2D eigenvalue weighted by Gasteiger charge is -2.26.